The van der Waals surface area contributed by atoms with E-state index in [1.165, 1.54) is 24.6 Å². The third-order valence-electron chi connectivity index (χ3n) is 5.32. The van der Waals surface area contributed by atoms with Crippen LogP contribution in [0, 0.1) is 0 Å². The maximum absolute atomic E-state index is 12.6. The van der Waals surface area contributed by atoms with Gasteiger partial charge in [-0.1, -0.05) is 36.6 Å². The minimum absolute atomic E-state index is 0.0570. The van der Waals surface area contributed by atoms with E-state index in [9.17, 15) is 18.0 Å². The molecule has 0 spiro atoms. The fourth-order valence-corrected chi connectivity index (χ4v) is 4.02. The van der Waals surface area contributed by atoms with Gasteiger partial charge in [-0.25, -0.2) is 0 Å². The minimum Gasteiger partial charge on any atom is -0.405 e. The highest BCUT2D eigenvalue weighted by Gasteiger charge is 2.38. The van der Waals surface area contributed by atoms with Crippen LogP contribution < -0.4 is 4.74 Å². The van der Waals surface area contributed by atoms with E-state index in [0.717, 1.165) is 25.7 Å². The SMILES string of the molecule is O=C1C[C@@H](c2noc(-c3ccccc3OC(F)(F)F)n2)CN1C1CCCCC1. The van der Waals surface area contributed by atoms with Gasteiger partial charge in [-0.3, -0.25) is 4.79 Å². The molecule has 1 aliphatic heterocycles. The van der Waals surface area contributed by atoms with Crippen molar-refractivity contribution in [2.45, 2.75) is 56.8 Å². The normalized spacial score (nSPS) is 21.3. The first-order chi connectivity index (χ1) is 13.4. The number of para-hydroxylation sites is 1. The van der Waals surface area contributed by atoms with Crippen molar-refractivity contribution in [3.8, 4) is 17.2 Å². The average Bonchev–Trinajstić information content (AvgIpc) is 3.28. The molecular formula is C19H20F3N3O3. The van der Waals surface area contributed by atoms with Crippen LogP contribution in [0.3, 0.4) is 0 Å². The van der Waals surface area contributed by atoms with Crippen LogP contribution in [0.2, 0.25) is 0 Å². The summed E-state index contributed by atoms with van der Waals surface area (Å²) in [5, 5.41) is 3.92. The largest absolute Gasteiger partial charge is 0.573 e. The van der Waals surface area contributed by atoms with Gasteiger partial charge in [-0.15, -0.1) is 13.2 Å². The number of nitrogens with zero attached hydrogens (tertiary/aromatic N) is 3. The standard InChI is InChI=1S/C19H20F3N3O3/c20-19(21,22)27-15-9-5-4-8-14(15)18-23-17(24-28-18)12-10-16(26)25(11-12)13-6-2-1-3-7-13/h4-5,8-9,12-13H,1-3,6-7,10-11H2/t12-/m1/s1. The molecule has 4 rings (SSSR count). The van der Waals surface area contributed by atoms with Crippen molar-refractivity contribution in [1.82, 2.24) is 15.0 Å². The summed E-state index contributed by atoms with van der Waals surface area (Å²) < 4.78 is 47.1. The topological polar surface area (TPSA) is 68.5 Å². The van der Waals surface area contributed by atoms with Crippen molar-refractivity contribution in [3.05, 3.63) is 30.1 Å². The van der Waals surface area contributed by atoms with Crippen LogP contribution in [-0.2, 0) is 4.79 Å². The van der Waals surface area contributed by atoms with E-state index in [1.54, 1.807) is 6.07 Å². The number of hydrogen-bond donors (Lipinski definition) is 0. The molecule has 150 valence electrons. The van der Waals surface area contributed by atoms with E-state index >= 15 is 0 Å². The van der Waals surface area contributed by atoms with Crippen LogP contribution in [0.25, 0.3) is 11.5 Å². The molecule has 2 aromatic rings. The minimum atomic E-state index is -4.82. The van der Waals surface area contributed by atoms with E-state index < -0.39 is 12.1 Å². The summed E-state index contributed by atoms with van der Waals surface area (Å²) in [5.74, 6) is -0.273. The first-order valence-electron chi connectivity index (χ1n) is 9.39. The fraction of sp³-hybridized carbons (Fsp3) is 0.526. The highest BCUT2D eigenvalue weighted by Crippen LogP contribution is 2.36. The molecule has 28 heavy (non-hydrogen) atoms. The Labute approximate surface area is 159 Å². The summed E-state index contributed by atoms with van der Waals surface area (Å²) in [4.78, 5) is 18.6. The molecule has 1 amide bonds. The molecule has 2 heterocycles. The molecule has 0 bridgehead atoms. The average molecular weight is 395 g/mol. The molecule has 1 saturated heterocycles. The Hall–Kier alpha value is -2.58. The zero-order valence-corrected chi connectivity index (χ0v) is 15.1. The number of carbonyl (C=O) groups excluding carboxylic acids is 1. The molecule has 1 saturated carbocycles. The predicted octanol–water partition coefficient (Wildman–Crippen LogP) is 4.28. The molecule has 1 aliphatic carbocycles. The molecule has 0 unspecified atom stereocenters. The maximum atomic E-state index is 12.6. The van der Waals surface area contributed by atoms with Crippen LogP contribution in [0.5, 0.6) is 5.75 Å². The van der Waals surface area contributed by atoms with Crippen LogP contribution in [0.4, 0.5) is 13.2 Å². The molecule has 1 aromatic heterocycles. The number of ether oxygens (including phenoxy) is 1. The van der Waals surface area contributed by atoms with Crippen molar-refractivity contribution < 1.29 is 27.2 Å². The second kappa shape index (κ2) is 7.44. The maximum Gasteiger partial charge on any atom is 0.573 e. The second-order valence-corrected chi connectivity index (χ2v) is 7.24. The van der Waals surface area contributed by atoms with Gasteiger partial charge in [0.1, 0.15) is 5.75 Å². The third kappa shape index (κ3) is 3.98. The van der Waals surface area contributed by atoms with Crippen molar-refractivity contribution in [2.75, 3.05) is 6.54 Å². The molecule has 2 aliphatic rings. The zero-order chi connectivity index (χ0) is 19.7. The highest BCUT2D eigenvalue weighted by molar-refractivity contribution is 5.80. The Balaban J connectivity index is 1.52. The lowest BCUT2D eigenvalue weighted by Crippen LogP contribution is -2.37. The van der Waals surface area contributed by atoms with E-state index in [-0.39, 0.29) is 35.7 Å². The number of rotatable bonds is 4. The monoisotopic (exact) mass is 395 g/mol. The lowest BCUT2D eigenvalue weighted by Gasteiger charge is -2.31. The Bertz CT molecular complexity index is 846. The van der Waals surface area contributed by atoms with Gasteiger partial charge < -0.3 is 14.2 Å². The molecule has 9 heteroatoms. The molecule has 1 aromatic carbocycles. The number of benzene rings is 1. The van der Waals surface area contributed by atoms with Gasteiger partial charge in [0.2, 0.25) is 5.91 Å². The first-order valence-corrected chi connectivity index (χ1v) is 9.39. The number of hydrogen-bond acceptors (Lipinski definition) is 5. The van der Waals surface area contributed by atoms with Crippen LogP contribution >= 0.6 is 0 Å². The number of halogens is 3. The smallest absolute Gasteiger partial charge is 0.405 e. The van der Waals surface area contributed by atoms with Crippen molar-refractivity contribution in [3.63, 3.8) is 0 Å². The number of carbonyl (C=O) groups is 1. The number of likely N-dealkylation sites (tertiary alicyclic amines) is 1. The summed E-state index contributed by atoms with van der Waals surface area (Å²) in [6.07, 6.45) is 0.947. The van der Waals surface area contributed by atoms with E-state index in [1.807, 2.05) is 4.90 Å². The van der Waals surface area contributed by atoms with Gasteiger partial charge in [0, 0.05) is 24.9 Å². The summed E-state index contributed by atoms with van der Waals surface area (Å²) in [6.45, 7) is 0.517. The van der Waals surface area contributed by atoms with Crippen molar-refractivity contribution in [2.24, 2.45) is 0 Å². The summed E-state index contributed by atoms with van der Waals surface area (Å²) in [7, 11) is 0. The van der Waals surface area contributed by atoms with Gasteiger partial charge in [0.25, 0.3) is 5.89 Å². The fourth-order valence-electron chi connectivity index (χ4n) is 4.02. The molecule has 6 nitrogen and oxygen atoms in total. The van der Waals surface area contributed by atoms with E-state index in [2.05, 4.69) is 14.9 Å². The van der Waals surface area contributed by atoms with Gasteiger partial charge in [0.05, 0.1) is 5.56 Å². The first kappa shape index (κ1) is 18.8. The zero-order valence-electron chi connectivity index (χ0n) is 15.1. The third-order valence-corrected chi connectivity index (χ3v) is 5.32. The van der Waals surface area contributed by atoms with Gasteiger partial charge in [-0.2, -0.15) is 4.98 Å². The molecule has 2 fully saturated rings. The Morgan fingerprint density at radius 3 is 2.64 bits per heavy atom. The lowest BCUT2D eigenvalue weighted by molar-refractivity contribution is -0.274. The predicted molar refractivity (Wildman–Crippen MR) is 92.4 cm³/mol. The van der Waals surface area contributed by atoms with Gasteiger partial charge >= 0.3 is 6.36 Å². The van der Waals surface area contributed by atoms with Crippen molar-refractivity contribution >= 4 is 5.91 Å². The molecule has 1 atom stereocenters. The van der Waals surface area contributed by atoms with Crippen LogP contribution in [-0.4, -0.2) is 39.9 Å². The number of amides is 1. The summed E-state index contributed by atoms with van der Waals surface area (Å²) in [5.41, 5.74) is 0.0621. The highest BCUT2D eigenvalue weighted by atomic mass is 19.4. The van der Waals surface area contributed by atoms with Crippen LogP contribution in [0.15, 0.2) is 28.8 Å². The number of alkyl halides is 3. The van der Waals surface area contributed by atoms with Gasteiger partial charge in [-0.05, 0) is 25.0 Å². The Kier molecular flexibility index (Phi) is 4.99. The van der Waals surface area contributed by atoms with Crippen molar-refractivity contribution in [1.29, 1.82) is 0 Å². The molecule has 0 radical (unpaired) electrons. The summed E-state index contributed by atoms with van der Waals surface area (Å²) >= 11 is 0. The van der Waals surface area contributed by atoms with Gasteiger partial charge in [0.15, 0.2) is 5.82 Å². The van der Waals surface area contributed by atoms with Crippen LogP contribution in [0.1, 0.15) is 50.3 Å². The molecule has 0 N–H and O–H groups in total. The second-order valence-electron chi connectivity index (χ2n) is 7.24. The number of aromatic nitrogens is 2. The Morgan fingerprint density at radius 2 is 1.89 bits per heavy atom. The summed E-state index contributed by atoms with van der Waals surface area (Å²) in [6, 6.07) is 5.87. The lowest BCUT2D eigenvalue weighted by atomic mass is 9.94. The van der Waals surface area contributed by atoms with E-state index in [0.29, 0.717) is 12.4 Å². The van der Waals surface area contributed by atoms with E-state index in [4.69, 9.17) is 4.52 Å². The Morgan fingerprint density at radius 1 is 1.14 bits per heavy atom. The molecular weight excluding hydrogens is 375 g/mol. The quantitative estimate of drug-likeness (QED) is 0.773.